The maximum absolute atomic E-state index is 14.0. The molecule has 0 aliphatic rings. The molecule has 3 aromatic heterocycles. The van der Waals surface area contributed by atoms with Crippen molar-refractivity contribution in [1.82, 2.24) is 29.9 Å². The standard InChI is InChI=1S/C22H22F2N8O2S/c1-11-6-26-14(7-25-11)8-27-20-21(34)30-19-17(29-20)18(28-12(2)9-33)31-22(32-19)35-10-13-4-3-5-15(23)16(13)24/h3-7,12,33H,8-10H2,1-2H3,(H,27,29)(H2,28,30,31,32,34)/t12-/m1/s1. The molecule has 0 aliphatic carbocycles. The third kappa shape index (κ3) is 5.87. The number of nitrogens with zero attached hydrogens (tertiary/aromatic N) is 5. The van der Waals surface area contributed by atoms with E-state index >= 15 is 0 Å². The highest BCUT2D eigenvalue weighted by molar-refractivity contribution is 7.98. The number of hydrogen-bond acceptors (Lipinski definition) is 10. The summed E-state index contributed by atoms with van der Waals surface area (Å²) in [6.07, 6.45) is 3.22. The van der Waals surface area contributed by atoms with Crippen LogP contribution >= 0.6 is 11.8 Å². The zero-order chi connectivity index (χ0) is 24.9. The zero-order valence-electron chi connectivity index (χ0n) is 18.8. The molecule has 0 spiro atoms. The highest BCUT2D eigenvalue weighted by Gasteiger charge is 2.16. The summed E-state index contributed by atoms with van der Waals surface area (Å²) in [6, 6.07) is 3.56. The number of rotatable bonds is 9. The van der Waals surface area contributed by atoms with Crippen molar-refractivity contribution in [2.45, 2.75) is 37.3 Å². The van der Waals surface area contributed by atoms with Crippen molar-refractivity contribution in [1.29, 1.82) is 0 Å². The second-order valence-corrected chi connectivity index (χ2v) is 8.64. The molecule has 10 nitrogen and oxygen atoms in total. The number of H-pyrrole nitrogens is 1. The van der Waals surface area contributed by atoms with E-state index in [0.29, 0.717) is 5.69 Å². The Labute approximate surface area is 202 Å². The molecule has 13 heteroatoms. The van der Waals surface area contributed by atoms with Gasteiger partial charge in [0.2, 0.25) is 0 Å². The van der Waals surface area contributed by atoms with E-state index < -0.39 is 17.2 Å². The zero-order valence-corrected chi connectivity index (χ0v) is 19.7. The number of aliphatic hydroxyl groups excluding tert-OH is 1. The third-order valence-electron chi connectivity index (χ3n) is 4.85. The molecular formula is C22H22F2N8O2S. The number of fused-ring (bicyclic) bond motifs is 1. The molecular weight excluding hydrogens is 478 g/mol. The first-order valence-corrected chi connectivity index (χ1v) is 11.6. The number of anilines is 2. The Morgan fingerprint density at radius 1 is 1.14 bits per heavy atom. The molecule has 0 radical (unpaired) electrons. The van der Waals surface area contributed by atoms with Crippen LogP contribution in [0.3, 0.4) is 0 Å². The van der Waals surface area contributed by atoms with Crippen molar-refractivity contribution in [3.63, 3.8) is 0 Å². The van der Waals surface area contributed by atoms with E-state index in [0.717, 1.165) is 23.5 Å². The normalized spacial score (nSPS) is 12.0. The molecule has 0 amide bonds. The van der Waals surface area contributed by atoms with E-state index in [2.05, 4.69) is 40.5 Å². The van der Waals surface area contributed by atoms with Crippen molar-refractivity contribution < 1.29 is 13.9 Å². The third-order valence-corrected chi connectivity index (χ3v) is 5.75. The van der Waals surface area contributed by atoms with Gasteiger partial charge in [-0.2, -0.15) is 0 Å². The minimum atomic E-state index is -0.938. The van der Waals surface area contributed by atoms with Crippen LogP contribution in [0.15, 0.2) is 40.5 Å². The molecule has 4 aromatic rings. The van der Waals surface area contributed by atoms with E-state index in [-0.39, 0.29) is 58.5 Å². The second kappa shape index (κ2) is 10.7. The van der Waals surface area contributed by atoms with Crippen molar-refractivity contribution in [2.24, 2.45) is 0 Å². The maximum Gasteiger partial charge on any atom is 0.292 e. The van der Waals surface area contributed by atoms with Gasteiger partial charge in [0.15, 0.2) is 39.6 Å². The van der Waals surface area contributed by atoms with Crippen LogP contribution in [0.4, 0.5) is 20.4 Å². The maximum atomic E-state index is 14.0. The molecule has 1 atom stereocenters. The Balaban J connectivity index is 1.64. The van der Waals surface area contributed by atoms with E-state index in [1.807, 2.05) is 6.92 Å². The summed E-state index contributed by atoms with van der Waals surface area (Å²) in [5.41, 5.74) is 1.46. The fourth-order valence-electron chi connectivity index (χ4n) is 3.01. The molecule has 4 N–H and O–H groups in total. The van der Waals surface area contributed by atoms with Crippen LogP contribution in [0, 0.1) is 18.6 Å². The number of aromatic amines is 1. The minimum absolute atomic E-state index is 0.0328. The number of benzene rings is 1. The topological polar surface area (TPSA) is 142 Å². The minimum Gasteiger partial charge on any atom is -0.394 e. The fourth-order valence-corrected chi connectivity index (χ4v) is 3.83. The summed E-state index contributed by atoms with van der Waals surface area (Å²) in [4.78, 5) is 36.9. The first-order valence-electron chi connectivity index (χ1n) is 10.6. The molecule has 0 bridgehead atoms. The van der Waals surface area contributed by atoms with Crippen molar-refractivity contribution >= 4 is 34.6 Å². The second-order valence-electron chi connectivity index (χ2n) is 7.70. The number of aliphatic hydroxyl groups is 1. The van der Waals surface area contributed by atoms with E-state index in [4.69, 9.17) is 0 Å². The average molecular weight is 501 g/mol. The van der Waals surface area contributed by atoms with Gasteiger partial charge in [-0.3, -0.25) is 14.8 Å². The van der Waals surface area contributed by atoms with Gasteiger partial charge in [0, 0.05) is 23.6 Å². The SMILES string of the molecule is Cc1cnc(CNc2nc3c(N[C@H](C)CO)nc(SCc4cccc(F)c4F)nc3[nH]c2=O)cn1. The lowest BCUT2D eigenvalue weighted by molar-refractivity contribution is 0.281. The fraction of sp³-hybridized carbons (Fsp3) is 0.273. The van der Waals surface area contributed by atoms with Gasteiger partial charge in [0.05, 0.1) is 30.7 Å². The smallest absolute Gasteiger partial charge is 0.292 e. The van der Waals surface area contributed by atoms with E-state index in [1.54, 1.807) is 19.3 Å². The molecule has 1 aromatic carbocycles. The first kappa shape index (κ1) is 24.4. The Hall–Kier alpha value is -3.71. The number of aromatic nitrogens is 6. The Morgan fingerprint density at radius 2 is 1.97 bits per heavy atom. The van der Waals surface area contributed by atoms with Gasteiger partial charge < -0.3 is 20.7 Å². The van der Waals surface area contributed by atoms with Crippen LogP contribution in [0.5, 0.6) is 0 Å². The van der Waals surface area contributed by atoms with Gasteiger partial charge in [-0.05, 0) is 19.9 Å². The van der Waals surface area contributed by atoms with Crippen LogP contribution in [0.1, 0.15) is 23.9 Å². The molecule has 3 heterocycles. The lowest BCUT2D eigenvalue weighted by atomic mass is 10.2. The number of hydrogen-bond donors (Lipinski definition) is 4. The summed E-state index contributed by atoms with van der Waals surface area (Å²) in [5, 5.41) is 15.7. The molecule has 182 valence electrons. The highest BCUT2D eigenvalue weighted by Crippen LogP contribution is 2.26. The van der Waals surface area contributed by atoms with Gasteiger partial charge in [-0.15, -0.1) is 0 Å². The summed E-state index contributed by atoms with van der Waals surface area (Å²) >= 11 is 1.07. The van der Waals surface area contributed by atoms with Crippen LogP contribution in [0.2, 0.25) is 0 Å². The predicted molar refractivity (Wildman–Crippen MR) is 128 cm³/mol. The van der Waals surface area contributed by atoms with E-state index in [1.165, 1.54) is 12.1 Å². The Morgan fingerprint density at radius 3 is 2.71 bits per heavy atom. The van der Waals surface area contributed by atoms with Crippen LogP contribution in [0.25, 0.3) is 11.2 Å². The predicted octanol–water partition coefficient (Wildman–Crippen LogP) is 2.79. The molecule has 35 heavy (non-hydrogen) atoms. The highest BCUT2D eigenvalue weighted by atomic mass is 32.2. The molecule has 0 fully saturated rings. The first-order chi connectivity index (χ1) is 16.8. The van der Waals surface area contributed by atoms with Gasteiger partial charge in [0.1, 0.15) is 0 Å². The Kier molecular flexibility index (Phi) is 7.46. The van der Waals surface area contributed by atoms with Crippen LogP contribution < -0.4 is 16.2 Å². The quantitative estimate of drug-likeness (QED) is 0.200. The lowest BCUT2D eigenvalue weighted by Gasteiger charge is -2.14. The molecule has 4 rings (SSSR count). The van der Waals surface area contributed by atoms with Crippen molar-refractivity contribution in [2.75, 3.05) is 17.2 Å². The van der Waals surface area contributed by atoms with Crippen molar-refractivity contribution in [3.8, 4) is 0 Å². The van der Waals surface area contributed by atoms with Crippen LogP contribution in [-0.2, 0) is 12.3 Å². The largest absolute Gasteiger partial charge is 0.394 e. The summed E-state index contributed by atoms with van der Waals surface area (Å²) in [7, 11) is 0. The molecule has 0 saturated carbocycles. The average Bonchev–Trinajstić information content (AvgIpc) is 2.84. The lowest BCUT2D eigenvalue weighted by Crippen LogP contribution is -2.22. The molecule has 0 saturated heterocycles. The van der Waals surface area contributed by atoms with Crippen LogP contribution in [-0.4, -0.2) is 47.7 Å². The van der Waals surface area contributed by atoms with Gasteiger partial charge in [-0.25, -0.2) is 23.7 Å². The number of thioether (sulfide) groups is 1. The summed E-state index contributed by atoms with van der Waals surface area (Å²) in [6.45, 7) is 3.61. The monoisotopic (exact) mass is 500 g/mol. The molecule has 0 unspecified atom stereocenters. The van der Waals surface area contributed by atoms with E-state index in [9.17, 15) is 18.7 Å². The van der Waals surface area contributed by atoms with Gasteiger partial charge in [0.25, 0.3) is 5.56 Å². The van der Waals surface area contributed by atoms with Crippen molar-refractivity contribution in [3.05, 3.63) is 69.5 Å². The van der Waals surface area contributed by atoms with Gasteiger partial charge >= 0.3 is 0 Å². The Bertz CT molecular complexity index is 1400. The summed E-state index contributed by atoms with van der Waals surface area (Å²) < 4.78 is 27.5. The number of nitrogens with one attached hydrogen (secondary N) is 3. The summed E-state index contributed by atoms with van der Waals surface area (Å²) in [5.74, 6) is -1.50. The van der Waals surface area contributed by atoms with Gasteiger partial charge in [-0.1, -0.05) is 23.9 Å². The number of halogens is 2. The molecule has 0 aliphatic heterocycles. The number of aryl methyl sites for hydroxylation is 1.